The zero-order valence-electron chi connectivity index (χ0n) is 14.3. The van der Waals surface area contributed by atoms with Gasteiger partial charge >= 0.3 is 0 Å². The molecule has 0 bridgehead atoms. The van der Waals surface area contributed by atoms with E-state index in [1.807, 2.05) is 55.6 Å². The van der Waals surface area contributed by atoms with E-state index < -0.39 is 0 Å². The number of carbonyl (C=O) groups is 1. The molecule has 0 aromatic carbocycles. The van der Waals surface area contributed by atoms with Crippen LogP contribution in [-0.2, 0) is 6.54 Å². The predicted octanol–water partition coefficient (Wildman–Crippen LogP) is 3.03. The first-order valence-corrected chi connectivity index (χ1v) is 8.30. The van der Waals surface area contributed by atoms with Crippen molar-refractivity contribution in [3.63, 3.8) is 0 Å². The van der Waals surface area contributed by atoms with Gasteiger partial charge in [-0.05, 0) is 42.8 Å². The first-order valence-electron chi connectivity index (χ1n) is 8.30. The normalized spacial score (nSPS) is 10.8. The molecule has 0 atom stereocenters. The molecule has 0 saturated heterocycles. The van der Waals surface area contributed by atoms with Crippen LogP contribution in [0.4, 0.5) is 0 Å². The summed E-state index contributed by atoms with van der Waals surface area (Å²) in [6.45, 7) is 2.21. The third kappa shape index (κ3) is 2.93. The number of fused-ring (bicyclic) bond motifs is 1. The van der Waals surface area contributed by atoms with E-state index in [0.717, 1.165) is 22.5 Å². The van der Waals surface area contributed by atoms with Gasteiger partial charge in [0.15, 0.2) is 0 Å². The van der Waals surface area contributed by atoms with Crippen LogP contribution in [0.15, 0.2) is 67.3 Å². The molecule has 0 aliphatic heterocycles. The predicted molar refractivity (Wildman–Crippen MR) is 98.6 cm³/mol. The van der Waals surface area contributed by atoms with Gasteiger partial charge in [0, 0.05) is 36.9 Å². The van der Waals surface area contributed by atoms with Gasteiger partial charge in [0.1, 0.15) is 11.3 Å². The van der Waals surface area contributed by atoms with Crippen LogP contribution < -0.4 is 5.32 Å². The molecule has 1 amide bonds. The lowest BCUT2D eigenvalue weighted by Crippen LogP contribution is -2.25. The molecular formula is C20H17N5O. The smallest absolute Gasteiger partial charge is 0.270 e. The van der Waals surface area contributed by atoms with Gasteiger partial charge in [-0.2, -0.15) is 0 Å². The van der Waals surface area contributed by atoms with E-state index in [2.05, 4.69) is 20.3 Å². The topological polar surface area (TPSA) is 72.2 Å². The molecule has 4 aromatic rings. The average Bonchev–Trinajstić information content (AvgIpc) is 3.03. The van der Waals surface area contributed by atoms with Crippen molar-refractivity contribution in [3.05, 3.63) is 84.2 Å². The number of aromatic nitrogens is 4. The molecule has 0 radical (unpaired) electrons. The third-order valence-electron chi connectivity index (χ3n) is 4.18. The number of pyridine rings is 3. The Hall–Kier alpha value is -3.54. The van der Waals surface area contributed by atoms with Gasteiger partial charge in [-0.15, -0.1) is 0 Å². The molecule has 0 spiro atoms. The standard InChI is InChI=1S/C20H17N5O/c1-14-19(25-11-3-2-8-17(25)24-14)20(26)23-13-16-7-5-10-22-18(16)15-6-4-9-21-12-15/h2-12H,13H2,1H3,(H,23,26). The molecule has 4 heterocycles. The van der Waals surface area contributed by atoms with Crippen LogP contribution in [0.2, 0.25) is 0 Å². The highest BCUT2D eigenvalue weighted by Gasteiger charge is 2.16. The zero-order chi connectivity index (χ0) is 17.9. The van der Waals surface area contributed by atoms with E-state index in [9.17, 15) is 4.79 Å². The number of nitrogens with one attached hydrogen (secondary N) is 1. The fourth-order valence-electron chi connectivity index (χ4n) is 2.99. The van der Waals surface area contributed by atoms with Gasteiger partial charge < -0.3 is 5.32 Å². The van der Waals surface area contributed by atoms with Crippen molar-refractivity contribution in [2.45, 2.75) is 13.5 Å². The minimum absolute atomic E-state index is 0.165. The van der Waals surface area contributed by atoms with Gasteiger partial charge in [-0.25, -0.2) is 4.98 Å². The molecule has 0 aliphatic rings. The molecular weight excluding hydrogens is 326 g/mol. The van der Waals surface area contributed by atoms with Crippen molar-refractivity contribution in [3.8, 4) is 11.3 Å². The zero-order valence-corrected chi connectivity index (χ0v) is 14.3. The summed E-state index contributed by atoms with van der Waals surface area (Å²) in [4.78, 5) is 25.8. The highest BCUT2D eigenvalue weighted by atomic mass is 16.1. The van der Waals surface area contributed by atoms with E-state index >= 15 is 0 Å². The number of nitrogens with zero attached hydrogens (tertiary/aromatic N) is 4. The van der Waals surface area contributed by atoms with Crippen LogP contribution in [0.1, 0.15) is 21.7 Å². The van der Waals surface area contributed by atoms with E-state index in [1.54, 1.807) is 23.0 Å². The Balaban J connectivity index is 1.60. The minimum atomic E-state index is -0.165. The maximum atomic E-state index is 12.8. The Morgan fingerprint density at radius 3 is 2.85 bits per heavy atom. The van der Waals surface area contributed by atoms with Crippen LogP contribution in [0.5, 0.6) is 0 Å². The van der Waals surface area contributed by atoms with Gasteiger partial charge in [0.05, 0.1) is 11.4 Å². The van der Waals surface area contributed by atoms with Crippen molar-refractivity contribution in [2.75, 3.05) is 0 Å². The molecule has 4 rings (SSSR count). The van der Waals surface area contributed by atoms with E-state index in [-0.39, 0.29) is 5.91 Å². The number of imidazole rings is 1. The second kappa shape index (κ2) is 6.76. The summed E-state index contributed by atoms with van der Waals surface area (Å²) in [5.41, 5.74) is 4.67. The van der Waals surface area contributed by atoms with Gasteiger partial charge in [-0.3, -0.25) is 19.2 Å². The maximum Gasteiger partial charge on any atom is 0.270 e. The summed E-state index contributed by atoms with van der Waals surface area (Å²) in [5, 5.41) is 2.98. The average molecular weight is 343 g/mol. The molecule has 6 heteroatoms. The second-order valence-corrected chi connectivity index (χ2v) is 5.91. The van der Waals surface area contributed by atoms with Crippen LogP contribution in [0.3, 0.4) is 0 Å². The van der Waals surface area contributed by atoms with E-state index in [0.29, 0.717) is 17.9 Å². The van der Waals surface area contributed by atoms with Crippen molar-refractivity contribution < 1.29 is 4.79 Å². The number of hydrogen-bond donors (Lipinski definition) is 1. The molecule has 1 N–H and O–H groups in total. The number of hydrogen-bond acceptors (Lipinski definition) is 4. The Kier molecular flexibility index (Phi) is 4.15. The van der Waals surface area contributed by atoms with Crippen molar-refractivity contribution in [1.29, 1.82) is 0 Å². The molecule has 4 aromatic heterocycles. The van der Waals surface area contributed by atoms with E-state index in [4.69, 9.17) is 0 Å². The molecule has 26 heavy (non-hydrogen) atoms. The Bertz CT molecular complexity index is 1070. The number of aryl methyl sites for hydroxylation is 1. The highest BCUT2D eigenvalue weighted by molar-refractivity contribution is 5.94. The summed E-state index contributed by atoms with van der Waals surface area (Å²) in [6.07, 6.45) is 7.07. The quantitative estimate of drug-likeness (QED) is 0.618. The van der Waals surface area contributed by atoms with Gasteiger partial charge in [-0.1, -0.05) is 12.1 Å². The number of carbonyl (C=O) groups excluding carboxylic acids is 1. The van der Waals surface area contributed by atoms with E-state index in [1.165, 1.54) is 0 Å². The lowest BCUT2D eigenvalue weighted by molar-refractivity contribution is 0.0944. The Morgan fingerprint density at radius 1 is 1.12 bits per heavy atom. The van der Waals surface area contributed by atoms with Crippen molar-refractivity contribution in [1.82, 2.24) is 24.7 Å². The molecule has 128 valence electrons. The first-order chi connectivity index (χ1) is 12.7. The Morgan fingerprint density at radius 2 is 2.00 bits per heavy atom. The third-order valence-corrected chi connectivity index (χ3v) is 4.18. The lowest BCUT2D eigenvalue weighted by atomic mass is 10.1. The monoisotopic (exact) mass is 343 g/mol. The van der Waals surface area contributed by atoms with Crippen molar-refractivity contribution in [2.24, 2.45) is 0 Å². The lowest BCUT2D eigenvalue weighted by Gasteiger charge is -2.10. The maximum absolute atomic E-state index is 12.8. The molecule has 0 saturated carbocycles. The van der Waals surface area contributed by atoms with Crippen molar-refractivity contribution >= 4 is 11.6 Å². The summed E-state index contributed by atoms with van der Waals surface area (Å²) < 4.78 is 1.80. The molecule has 0 fully saturated rings. The largest absolute Gasteiger partial charge is 0.347 e. The Labute approximate surface area is 150 Å². The number of amides is 1. The first kappa shape index (κ1) is 16.0. The number of rotatable bonds is 4. The summed E-state index contributed by atoms with van der Waals surface area (Å²) >= 11 is 0. The minimum Gasteiger partial charge on any atom is -0.347 e. The van der Waals surface area contributed by atoms with Gasteiger partial charge in [0.2, 0.25) is 0 Å². The fraction of sp³-hybridized carbons (Fsp3) is 0.100. The SMILES string of the molecule is Cc1nc2ccccn2c1C(=O)NCc1cccnc1-c1cccnc1. The van der Waals surface area contributed by atoms with Crippen LogP contribution >= 0.6 is 0 Å². The van der Waals surface area contributed by atoms with Crippen LogP contribution in [0, 0.1) is 6.92 Å². The molecule has 6 nitrogen and oxygen atoms in total. The van der Waals surface area contributed by atoms with Crippen LogP contribution in [-0.4, -0.2) is 25.3 Å². The van der Waals surface area contributed by atoms with Crippen LogP contribution in [0.25, 0.3) is 16.9 Å². The molecule has 0 unspecified atom stereocenters. The summed E-state index contributed by atoms with van der Waals surface area (Å²) in [5.74, 6) is -0.165. The fourth-order valence-corrected chi connectivity index (χ4v) is 2.99. The summed E-state index contributed by atoms with van der Waals surface area (Å²) in [6, 6.07) is 13.3. The summed E-state index contributed by atoms with van der Waals surface area (Å²) in [7, 11) is 0. The molecule has 0 aliphatic carbocycles. The second-order valence-electron chi connectivity index (χ2n) is 5.91. The van der Waals surface area contributed by atoms with Gasteiger partial charge in [0.25, 0.3) is 5.91 Å². The highest BCUT2D eigenvalue weighted by Crippen LogP contribution is 2.20.